The minimum atomic E-state index is -4.01. The topological polar surface area (TPSA) is 89.9 Å². The maximum atomic E-state index is 10.7. The number of nitrogens with zero attached hydrogens (tertiary/aromatic N) is 1. The number of aliphatic hydroxyl groups excluding tert-OH is 1. The molecule has 1 atom stereocenters. The quantitative estimate of drug-likeness (QED) is 0.471. The molecule has 0 radical (unpaired) electrons. The fraction of sp³-hybridized carbons (Fsp3) is 1.00. The summed E-state index contributed by atoms with van der Waals surface area (Å²) < 4.78 is 30.2. The Morgan fingerprint density at radius 1 is 1.54 bits per heavy atom. The van der Waals surface area contributed by atoms with Crippen LogP contribution in [0.3, 0.4) is 0 Å². The Labute approximate surface area is 77.3 Å². The molecule has 0 saturated carbocycles. The molecular weight excluding hydrogens is 196 g/mol. The van der Waals surface area contributed by atoms with Gasteiger partial charge in [0.1, 0.15) is 5.37 Å². The molecule has 6 nitrogen and oxygen atoms in total. The summed E-state index contributed by atoms with van der Waals surface area (Å²) in [5.74, 6) is 0. The zero-order valence-corrected chi connectivity index (χ0v) is 8.00. The summed E-state index contributed by atoms with van der Waals surface area (Å²) in [6.07, 6.45) is 0. The second kappa shape index (κ2) is 4.34. The molecule has 1 aliphatic rings. The van der Waals surface area contributed by atoms with Crippen LogP contribution in [-0.4, -0.2) is 61.1 Å². The van der Waals surface area contributed by atoms with Gasteiger partial charge in [0.15, 0.2) is 0 Å². The predicted molar refractivity (Wildman–Crippen MR) is 46.9 cm³/mol. The monoisotopic (exact) mass is 210 g/mol. The van der Waals surface area contributed by atoms with Gasteiger partial charge >= 0.3 is 0 Å². The second-order valence-corrected chi connectivity index (χ2v) is 4.58. The number of hydrogen-bond donors (Lipinski definition) is 3. The predicted octanol–water partition coefficient (Wildman–Crippen LogP) is -1.90. The van der Waals surface area contributed by atoms with Crippen LogP contribution >= 0.6 is 0 Å². The Balaban J connectivity index is 2.52. The normalized spacial score (nSPS) is 26.2. The summed E-state index contributed by atoms with van der Waals surface area (Å²) >= 11 is 0. The number of hydrogen-bond acceptors (Lipinski definition) is 5. The minimum absolute atomic E-state index is 0.00179. The van der Waals surface area contributed by atoms with Gasteiger partial charge < -0.3 is 5.11 Å². The van der Waals surface area contributed by atoms with E-state index in [1.165, 1.54) is 0 Å². The van der Waals surface area contributed by atoms with Crippen molar-refractivity contribution in [2.24, 2.45) is 0 Å². The van der Waals surface area contributed by atoms with Crippen molar-refractivity contribution in [1.29, 1.82) is 0 Å². The SMILES string of the molecule is O=S(=O)(O)C1CN(CCO)CCN1. The first-order valence-electron chi connectivity index (χ1n) is 4.07. The zero-order valence-electron chi connectivity index (χ0n) is 7.18. The van der Waals surface area contributed by atoms with Gasteiger partial charge in [0.25, 0.3) is 10.1 Å². The lowest BCUT2D eigenvalue weighted by Gasteiger charge is -2.31. The summed E-state index contributed by atoms with van der Waals surface area (Å²) in [6.45, 7) is 1.85. The maximum Gasteiger partial charge on any atom is 0.282 e. The molecule has 0 aromatic rings. The number of β-amino-alcohol motifs (C(OH)–C–C–N with tert-alkyl or cyclic N) is 1. The molecule has 1 heterocycles. The van der Waals surface area contributed by atoms with Gasteiger partial charge in [-0.05, 0) is 0 Å². The molecule has 0 aromatic heterocycles. The fourth-order valence-corrected chi connectivity index (χ4v) is 2.05. The third kappa shape index (κ3) is 3.20. The minimum Gasteiger partial charge on any atom is -0.395 e. The largest absolute Gasteiger partial charge is 0.395 e. The highest BCUT2D eigenvalue weighted by atomic mass is 32.2. The number of aliphatic hydroxyl groups is 1. The van der Waals surface area contributed by atoms with Gasteiger partial charge in [-0.2, -0.15) is 8.42 Å². The summed E-state index contributed by atoms with van der Waals surface area (Å²) in [4.78, 5) is 1.79. The van der Waals surface area contributed by atoms with Gasteiger partial charge in [0.2, 0.25) is 0 Å². The molecule has 0 spiro atoms. The van der Waals surface area contributed by atoms with E-state index in [9.17, 15) is 8.42 Å². The standard InChI is InChI=1S/C6H14N2O4S/c9-4-3-8-2-1-7-6(5-8)13(10,11)12/h6-7,9H,1-5H2,(H,10,11,12). The molecule has 78 valence electrons. The van der Waals surface area contributed by atoms with Crippen LogP contribution in [0.4, 0.5) is 0 Å². The van der Waals surface area contributed by atoms with Crippen LogP contribution in [0.2, 0.25) is 0 Å². The molecule has 0 bridgehead atoms. The van der Waals surface area contributed by atoms with Crippen molar-refractivity contribution in [3.63, 3.8) is 0 Å². The number of piperazine rings is 1. The highest BCUT2D eigenvalue weighted by Crippen LogP contribution is 2.03. The number of nitrogens with one attached hydrogen (secondary N) is 1. The van der Waals surface area contributed by atoms with Crippen molar-refractivity contribution < 1.29 is 18.1 Å². The van der Waals surface area contributed by atoms with E-state index in [4.69, 9.17) is 9.66 Å². The molecule has 0 amide bonds. The van der Waals surface area contributed by atoms with Crippen LogP contribution in [0, 0.1) is 0 Å². The Hall–Kier alpha value is -0.210. The van der Waals surface area contributed by atoms with E-state index in [-0.39, 0.29) is 13.2 Å². The van der Waals surface area contributed by atoms with E-state index in [0.717, 1.165) is 0 Å². The van der Waals surface area contributed by atoms with Crippen molar-refractivity contribution >= 4 is 10.1 Å². The molecule has 3 N–H and O–H groups in total. The molecule has 0 aromatic carbocycles. The van der Waals surface area contributed by atoms with Crippen molar-refractivity contribution in [1.82, 2.24) is 10.2 Å². The van der Waals surface area contributed by atoms with Crippen molar-refractivity contribution in [3.05, 3.63) is 0 Å². The first kappa shape index (κ1) is 10.9. The van der Waals surface area contributed by atoms with Crippen LogP contribution < -0.4 is 5.32 Å². The summed E-state index contributed by atoms with van der Waals surface area (Å²) in [7, 11) is -4.01. The Morgan fingerprint density at radius 3 is 2.77 bits per heavy atom. The van der Waals surface area contributed by atoms with Gasteiger partial charge in [-0.15, -0.1) is 0 Å². The third-order valence-electron chi connectivity index (χ3n) is 2.00. The van der Waals surface area contributed by atoms with Crippen LogP contribution in [-0.2, 0) is 10.1 Å². The van der Waals surface area contributed by atoms with E-state index in [2.05, 4.69) is 5.32 Å². The van der Waals surface area contributed by atoms with Crippen molar-refractivity contribution in [2.75, 3.05) is 32.8 Å². The van der Waals surface area contributed by atoms with Gasteiger partial charge in [-0.25, -0.2) is 0 Å². The third-order valence-corrected chi connectivity index (χ3v) is 3.03. The molecule has 1 unspecified atom stereocenters. The van der Waals surface area contributed by atoms with E-state index < -0.39 is 15.5 Å². The molecule has 1 fully saturated rings. The lowest BCUT2D eigenvalue weighted by molar-refractivity contribution is 0.170. The van der Waals surface area contributed by atoms with Gasteiger partial charge in [-0.1, -0.05) is 0 Å². The van der Waals surface area contributed by atoms with E-state index in [0.29, 0.717) is 19.6 Å². The highest BCUT2D eigenvalue weighted by molar-refractivity contribution is 7.86. The lowest BCUT2D eigenvalue weighted by Crippen LogP contribution is -2.54. The molecule has 1 saturated heterocycles. The maximum absolute atomic E-state index is 10.7. The number of rotatable bonds is 3. The first-order chi connectivity index (χ1) is 6.04. The molecule has 7 heteroatoms. The fourth-order valence-electron chi connectivity index (χ4n) is 1.32. The second-order valence-electron chi connectivity index (χ2n) is 2.98. The van der Waals surface area contributed by atoms with Crippen molar-refractivity contribution in [3.8, 4) is 0 Å². The summed E-state index contributed by atoms with van der Waals surface area (Å²) in [5.41, 5.74) is 0. The average Bonchev–Trinajstić information content (AvgIpc) is 2.04. The van der Waals surface area contributed by atoms with E-state index in [1.807, 2.05) is 0 Å². The Bertz CT molecular complexity index is 251. The van der Waals surface area contributed by atoms with E-state index in [1.54, 1.807) is 4.90 Å². The smallest absolute Gasteiger partial charge is 0.282 e. The van der Waals surface area contributed by atoms with E-state index >= 15 is 0 Å². The van der Waals surface area contributed by atoms with Crippen LogP contribution in [0.15, 0.2) is 0 Å². The molecule has 1 rings (SSSR count). The molecular formula is C6H14N2O4S. The van der Waals surface area contributed by atoms with Crippen molar-refractivity contribution in [2.45, 2.75) is 5.37 Å². The molecule has 13 heavy (non-hydrogen) atoms. The lowest BCUT2D eigenvalue weighted by atomic mass is 10.3. The van der Waals surface area contributed by atoms with Crippen LogP contribution in [0.1, 0.15) is 0 Å². The van der Waals surface area contributed by atoms with Gasteiger partial charge in [0.05, 0.1) is 6.61 Å². The van der Waals surface area contributed by atoms with Crippen LogP contribution in [0.25, 0.3) is 0 Å². The molecule has 1 aliphatic heterocycles. The van der Waals surface area contributed by atoms with Crippen LogP contribution in [0.5, 0.6) is 0 Å². The average molecular weight is 210 g/mol. The van der Waals surface area contributed by atoms with Gasteiger partial charge in [0, 0.05) is 26.2 Å². The Morgan fingerprint density at radius 2 is 2.23 bits per heavy atom. The highest BCUT2D eigenvalue weighted by Gasteiger charge is 2.28. The Kier molecular flexibility index (Phi) is 3.63. The summed E-state index contributed by atoms with van der Waals surface area (Å²) in [6, 6.07) is 0. The summed E-state index contributed by atoms with van der Waals surface area (Å²) in [5, 5.41) is 10.4. The molecule has 0 aliphatic carbocycles. The zero-order chi connectivity index (χ0) is 9.90. The van der Waals surface area contributed by atoms with Gasteiger partial charge in [-0.3, -0.25) is 14.8 Å². The first-order valence-corrected chi connectivity index (χ1v) is 5.57.